The zero-order valence-electron chi connectivity index (χ0n) is 16.0. The molecule has 29 heavy (non-hydrogen) atoms. The summed E-state index contributed by atoms with van der Waals surface area (Å²) >= 11 is 1.50. The number of hydrogen-bond donors (Lipinski definition) is 0. The zero-order valence-corrected chi connectivity index (χ0v) is 16.8. The molecule has 0 N–H and O–H groups in total. The van der Waals surface area contributed by atoms with E-state index < -0.39 is 5.97 Å². The van der Waals surface area contributed by atoms with E-state index in [1.54, 1.807) is 13.0 Å². The molecule has 0 unspecified atom stereocenters. The fourth-order valence-corrected chi connectivity index (χ4v) is 3.84. The highest BCUT2D eigenvalue weighted by molar-refractivity contribution is 7.98. The largest absolute Gasteiger partial charge is 0.465 e. The lowest BCUT2D eigenvalue weighted by Crippen LogP contribution is -2.00. The molecule has 0 radical (unpaired) electrons. The van der Waals surface area contributed by atoms with Gasteiger partial charge in [0.2, 0.25) is 0 Å². The number of rotatable bonds is 6. The Labute approximate surface area is 172 Å². The number of ether oxygens (including phenoxy) is 1. The van der Waals surface area contributed by atoms with Crippen molar-refractivity contribution in [1.82, 2.24) is 14.8 Å². The van der Waals surface area contributed by atoms with Gasteiger partial charge in [-0.2, -0.15) is 0 Å². The van der Waals surface area contributed by atoms with Gasteiger partial charge in [0.05, 0.1) is 12.9 Å². The van der Waals surface area contributed by atoms with Crippen LogP contribution in [0.5, 0.6) is 0 Å². The van der Waals surface area contributed by atoms with Crippen LogP contribution in [0, 0.1) is 6.92 Å². The standard InChI is InChI=1S/C22H19N3O3S/c1-15-19(21(26)27-2)13-18(28-15)14-29-22-24-23-20(16-9-5-3-6-10-16)25(22)17-11-7-4-8-12-17/h3-13H,14H2,1-2H3. The maximum absolute atomic E-state index is 11.8. The normalized spacial score (nSPS) is 10.8. The van der Waals surface area contributed by atoms with E-state index in [9.17, 15) is 4.79 Å². The second-order valence-corrected chi connectivity index (χ2v) is 7.25. The number of benzene rings is 2. The molecule has 0 aliphatic carbocycles. The highest BCUT2D eigenvalue weighted by Crippen LogP contribution is 2.30. The first-order valence-corrected chi connectivity index (χ1v) is 10.0. The smallest absolute Gasteiger partial charge is 0.341 e. The van der Waals surface area contributed by atoms with Crippen LogP contribution >= 0.6 is 11.8 Å². The number of aryl methyl sites for hydroxylation is 1. The lowest BCUT2D eigenvalue weighted by atomic mass is 10.2. The van der Waals surface area contributed by atoms with Gasteiger partial charge in [-0.3, -0.25) is 4.57 Å². The van der Waals surface area contributed by atoms with Crippen LogP contribution in [0.3, 0.4) is 0 Å². The molecule has 6 nitrogen and oxygen atoms in total. The number of methoxy groups -OCH3 is 1. The van der Waals surface area contributed by atoms with Crippen molar-refractivity contribution in [2.45, 2.75) is 17.8 Å². The topological polar surface area (TPSA) is 70.2 Å². The van der Waals surface area contributed by atoms with E-state index in [0.29, 0.717) is 22.8 Å². The van der Waals surface area contributed by atoms with E-state index in [1.165, 1.54) is 18.9 Å². The molecule has 0 bridgehead atoms. The van der Waals surface area contributed by atoms with E-state index in [2.05, 4.69) is 10.2 Å². The summed E-state index contributed by atoms with van der Waals surface area (Å²) in [6.45, 7) is 1.75. The van der Waals surface area contributed by atoms with Gasteiger partial charge < -0.3 is 9.15 Å². The molecule has 0 aliphatic heterocycles. The molecule has 4 rings (SSSR count). The Morgan fingerprint density at radius 3 is 2.45 bits per heavy atom. The summed E-state index contributed by atoms with van der Waals surface area (Å²) in [5.74, 6) is 2.10. The number of aromatic nitrogens is 3. The predicted molar refractivity (Wildman–Crippen MR) is 111 cm³/mol. The number of nitrogens with zero attached hydrogens (tertiary/aromatic N) is 3. The molecule has 4 aromatic rings. The first-order valence-electron chi connectivity index (χ1n) is 9.04. The molecule has 0 spiro atoms. The second kappa shape index (κ2) is 8.36. The molecular weight excluding hydrogens is 386 g/mol. The number of thioether (sulfide) groups is 1. The van der Waals surface area contributed by atoms with Crippen LogP contribution in [0.25, 0.3) is 17.1 Å². The van der Waals surface area contributed by atoms with Gasteiger partial charge in [0.15, 0.2) is 11.0 Å². The van der Waals surface area contributed by atoms with Crippen LogP contribution in [-0.2, 0) is 10.5 Å². The summed E-state index contributed by atoms with van der Waals surface area (Å²) < 4.78 is 12.5. The third-order valence-electron chi connectivity index (χ3n) is 4.40. The first kappa shape index (κ1) is 19.0. The third-order valence-corrected chi connectivity index (χ3v) is 5.35. The van der Waals surface area contributed by atoms with Gasteiger partial charge in [-0.25, -0.2) is 4.79 Å². The van der Waals surface area contributed by atoms with Gasteiger partial charge in [0.25, 0.3) is 0 Å². The van der Waals surface area contributed by atoms with Crippen molar-refractivity contribution in [1.29, 1.82) is 0 Å². The summed E-state index contributed by atoms with van der Waals surface area (Å²) in [4.78, 5) is 11.8. The van der Waals surface area contributed by atoms with Crippen molar-refractivity contribution in [3.8, 4) is 17.1 Å². The molecule has 146 valence electrons. The van der Waals surface area contributed by atoms with Gasteiger partial charge in [0, 0.05) is 11.3 Å². The van der Waals surface area contributed by atoms with Gasteiger partial charge in [0.1, 0.15) is 17.1 Å². The zero-order chi connectivity index (χ0) is 20.2. The van der Waals surface area contributed by atoms with Crippen LogP contribution in [0.15, 0.2) is 76.3 Å². The number of carbonyl (C=O) groups is 1. The van der Waals surface area contributed by atoms with Gasteiger partial charge >= 0.3 is 5.97 Å². The average Bonchev–Trinajstić information content (AvgIpc) is 3.36. The number of carbonyl (C=O) groups excluding carboxylic acids is 1. The van der Waals surface area contributed by atoms with Crippen LogP contribution < -0.4 is 0 Å². The molecule has 0 amide bonds. The van der Waals surface area contributed by atoms with E-state index in [0.717, 1.165) is 22.2 Å². The Bertz CT molecular complexity index is 1120. The van der Waals surface area contributed by atoms with Crippen molar-refractivity contribution in [3.05, 3.63) is 83.8 Å². The molecule has 2 heterocycles. The van der Waals surface area contributed by atoms with Gasteiger partial charge in [-0.05, 0) is 25.1 Å². The summed E-state index contributed by atoms with van der Waals surface area (Å²) in [5.41, 5.74) is 2.40. The Morgan fingerprint density at radius 1 is 1.07 bits per heavy atom. The quantitative estimate of drug-likeness (QED) is 0.335. The summed E-state index contributed by atoms with van der Waals surface area (Å²) in [6.07, 6.45) is 0. The summed E-state index contributed by atoms with van der Waals surface area (Å²) in [6, 6.07) is 21.6. The highest BCUT2D eigenvalue weighted by atomic mass is 32.2. The molecule has 0 aliphatic rings. The lowest BCUT2D eigenvalue weighted by molar-refractivity contribution is 0.0599. The second-order valence-electron chi connectivity index (χ2n) is 6.31. The number of para-hydroxylation sites is 1. The fourth-order valence-electron chi connectivity index (χ4n) is 3.01. The highest BCUT2D eigenvalue weighted by Gasteiger charge is 2.19. The molecular formula is C22H19N3O3S. The van der Waals surface area contributed by atoms with Crippen LogP contribution in [0.2, 0.25) is 0 Å². The average molecular weight is 405 g/mol. The molecule has 0 atom stereocenters. The lowest BCUT2D eigenvalue weighted by Gasteiger charge is -2.09. The van der Waals surface area contributed by atoms with Crippen molar-refractivity contribution >= 4 is 17.7 Å². The maximum atomic E-state index is 11.8. The third kappa shape index (κ3) is 3.95. The fraction of sp³-hybridized carbons (Fsp3) is 0.136. The Morgan fingerprint density at radius 2 is 1.76 bits per heavy atom. The molecule has 0 saturated carbocycles. The van der Waals surface area contributed by atoms with E-state index in [1.807, 2.05) is 65.2 Å². The number of furan rings is 1. The minimum Gasteiger partial charge on any atom is -0.465 e. The van der Waals surface area contributed by atoms with Crippen LogP contribution in [0.4, 0.5) is 0 Å². The van der Waals surface area contributed by atoms with Crippen molar-refractivity contribution in [2.24, 2.45) is 0 Å². The van der Waals surface area contributed by atoms with Gasteiger partial charge in [-0.15, -0.1) is 10.2 Å². The van der Waals surface area contributed by atoms with Crippen molar-refractivity contribution < 1.29 is 13.9 Å². The summed E-state index contributed by atoms with van der Waals surface area (Å²) in [7, 11) is 1.36. The van der Waals surface area contributed by atoms with Gasteiger partial charge in [-0.1, -0.05) is 60.3 Å². The summed E-state index contributed by atoms with van der Waals surface area (Å²) in [5, 5.41) is 9.57. The Kier molecular flexibility index (Phi) is 5.48. The van der Waals surface area contributed by atoms with Crippen LogP contribution in [0.1, 0.15) is 21.9 Å². The van der Waals surface area contributed by atoms with Crippen molar-refractivity contribution in [2.75, 3.05) is 7.11 Å². The number of hydrogen-bond acceptors (Lipinski definition) is 6. The van der Waals surface area contributed by atoms with Crippen molar-refractivity contribution in [3.63, 3.8) is 0 Å². The van der Waals surface area contributed by atoms with E-state index in [4.69, 9.17) is 9.15 Å². The Hall–Kier alpha value is -3.32. The SMILES string of the molecule is COC(=O)c1cc(CSc2nnc(-c3ccccc3)n2-c2ccccc2)oc1C. The van der Waals surface area contributed by atoms with E-state index in [-0.39, 0.29) is 0 Å². The number of esters is 1. The van der Waals surface area contributed by atoms with Crippen LogP contribution in [-0.4, -0.2) is 27.8 Å². The minimum atomic E-state index is -0.402. The molecule has 0 fully saturated rings. The maximum Gasteiger partial charge on any atom is 0.341 e. The Balaban J connectivity index is 1.66. The van der Waals surface area contributed by atoms with E-state index >= 15 is 0 Å². The molecule has 2 aromatic heterocycles. The molecule has 0 saturated heterocycles. The molecule has 7 heteroatoms. The molecule has 2 aromatic carbocycles. The first-order chi connectivity index (χ1) is 14.2. The monoisotopic (exact) mass is 405 g/mol. The minimum absolute atomic E-state index is 0.402. The predicted octanol–water partition coefficient (Wildman–Crippen LogP) is 4.91.